The first-order valence-electron chi connectivity index (χ1n) is 6.33. The van der Waals surface area contributed by atoms with Gasteiger partial charge in [-0.05, 0) is 64.9 Å². The topological polar surface area (TPSA) is 66.8 Å². The predicted molar refractivity (Wildman–Crippen MR) is 88.3 cm³/mol. The molecule has 0 radical (unpaired) electrons. The Labute approximate surface area is 136 Å². The number of hydrogen-bond acceptors (Lipinski definition) is 3. The van der Waals surface area contributed by atoms with E-state index in [0.717, 1.165) is 11.1 Å². The Morgan fingerprint density at radius 2 is 1.57 bits per heavy atom. The lowest BCUT2D eigenvalue weighted by Crippen LogP contribution is -2.41. The van der Waals surface area contributed by atoms with Crippen molar-refractivity contribution in [2.75, 3.05) is 6.61 Å². The average molecular weight is 398 g/mol. The molecule has 110 valence electrons. The molecule has 0 aliphatic heterocycles. The van der Waals surface area contributed by atoms with Gasteiger partial charge < -0.3 is 14.9 Å². The summed E-state index contributed by atoms with van der Waals surface area (Å²) in [7, 11) is 0. The monoisotopic (exact) mass is 398 g/mol. The number of benzene rings is 2. The van der Waals surface area contributed by atoms with Gasteiger partial charge in [-0.2, -0.15) is 0 Å². The van der Waals surface area contributed by atoms with Gasteiger partial charge >= 0.3 is 5.97 Å². The zero-order valence-electron chi connectivity index (χ0n) is 11.4. The highest BCUT2D eigenvalue weighted by Gasteiger charge is 2.30. The van der Waals surface area contributed by atoms with E-state index in [4.69, 9.17) is 9.84 Å². The molecular weight excluding hydrogens is 383 g/mol. The Bertz CT molecular complexity index is 618. The number of carboxylic acid groups (broad SMARTS) is 1. The highest BCUT2D eigenvalue weighted by molar-refractivity contribution is 14.1. The summed E-state index contributed by atoms with van der Waals surface area (Å²) >= 11 is 2.25. The van der Waals surface area contributed by atoms with Crippen molar-refractivity contribution < 1.29 is 19.7 Å². The van der Waals surface area contributed by atoms with E-state index in [0.29, 0.717) is 5.75 Å². The molecule has 0 spiro atoms. The summed E-state index contributed by atoms with van der Waals surface area (Å²) in [6.07, 6.45) is 0. The molecule has 2 aromatic carbocycles. The van der Waals surface area contributed by atoms with Crippen molar-refractivity contribution >= 4 is 28.6 Å². The van der Waals surface area contributed by atoms with Crippen molar-refractivity contribution in [3.63, 3.8) is 0 Å². The van der Waals surface area contributed by atoms with Crippen LogP contribution in [0.1, 0.15) is 6.92 Å². The van der Waals surface area contributed by atoms with Crippen molar-refractivity contribution in [2.45, 2.75) is 12.5 Å². The maximum atomic E-state index is 10.8. The van der Waals surface area contributed by atoms with Gasteiger partial charge in [-0.25, -0.2) is 4.79 Å². The highest BCUT2D eigenvalue weighted by atomic mass is 127. The van der Waals surface area contributed by atoms with Crippen molar-refractivity contribution in [1.82, 2.24) is 0 Å². The van der Waals surface area contributed by atoms with E-state index in [-0.39, 0.29) is 6.61 Å². The van der Waals surface area contributed by atoms with Crippen LogP contribution in [0, 0.1) is 3.57 Å². The third-order valence-electron chi connectivity index (χ3n) is 3.01. The molecule has 2 aromatic rings. The quantitative estimate of drug-likeness (QED) is 0.760. The van der Waals surface area contributed by atoms with Crippen LogP contribution in [0.2, 0.25) is 0 Å². The minimum atomic E-state index is -1.89. The summed E-state index contributed by atoms with van der Waals surface area (Å²) in [5.41, 5.74) is 0.248. The largest absolute Gasteiger partial charge is 0.490 e. The number of ether oxygens (including phenoxy) is 1. The van der Waals surface area contributed by atoms with Gasteiger partial charge in [-0.15, -0.1) is 0 Å². The Kier molecular flexibility index (Phi) is 4.84. The van der Waals surface area contributed by atoms with Gasteiger partial charge in [0.15, 0.2) is 5.60 Å². The molecule has 0 amide bonds. The fourth-order valence-electron chi connectivity index (χ4n) is 1.67. The first-order chi connectivity index (χ1) is 9.88. The summed E-state index contributed by atoms with van der Waals surface area (Å²) in [5, 5.41) is 18.4. The minimum absolute atomic E-state index is 0.300. The number of rotatable bonds is 5. The zero-order chi connectivity index (χ0) is 15.5. The van der Waals surface area contributed by atoms with Crippen LogP contribution in [0.25, 0.3) is 11.1 Å². The van der Waals surface area contributed by atoms with Gasteiger partial charge in [0.1, 0.15) is 12.4 Å². The summed E-state index contributed by atoms with van der Waals surface area (Å²) in [6, 6.07) is 15.4. The van der Waals surface area contributed by atoms with Crippen LogP contribution in [0.15, 0.2) is 48.5 Å². The third kappa shape index (κ3) is 4.18. The Balaban J connectivity index is 2.06. The SMILES string of the molecule is CC(O)(COc1ccc(-c2ccc(I)cc2)cc1)C(=O)O. The van der Waals surface area contributed by atoms with Crippen molar-refractivity contribution in [1.29, 1.82) is 0 Å². The molecule has 1 unspecified atom stereocenters. The summed E-state index contributed by atoms with van der Waals surface area (Å²) in [4.78, 5) is 10.8. The summed E-state index contributed by atoms with van der Waals surface area (Å²) in [6.45, 7) is 0.903. The Morgan fingerprint density at radius 1 is 1.10 bits per heavy atom. The van der Waals surface area contributed by atoms with Crippen LogP contribution in [-0.4, -0.2) is 28.4 Å². The predicted octanol–water partition coefficient (Wildman–Crippen LogP) is 3.17. The van der Waals surface area contributed by atoms with Gasteiger partial charge in [-0.1, -0.05) is 24.3 Å². The molecule has 21 heavy (non-hydrogen) atoms. The number of carboxylic acids is 1. The molecule has 0 heterocycles. The Hall–Kier alpha value is -1.60. The average Bonchev–Trinajstić information content (AvgIpc) is 2.46. The molecule has 4 nitrogen and oxygen atoms in total. The van der Waals surface area contributed by atoms with Crippen molar-refractivity contribution in [3.8, 4) is 16.9 Å². The molecular formula is C16H15IO4. The van der Waals surface area contributed by atoms with E-state index < -0.39 is 11.6 Å². The fraction of sp³-hybridized carbons (Fsp3) is 0.188. The van der Waals surface area contributed by atoms with Gasteiger partial charge in [0.25, 0.3) is 0 Å². The van der Waals surface area contributed by atoms with E-state index in [9.17, 15) is 9.90 Å². The second-order valence-corrected chi connectivity index (χ2v) is 6.14. The van der Waals surface area contributed by atoms with E-state index in [1.807, 2.05) is 36.4 Å². The van der Waals surface area contributed by atoms with Crippen LogP contribution < -0.4 is 4.74 Å². The van der Waals surface area contributed by atoms with Crippen LogP contribution in [0.3, 0.4) is 0 Å². The van der Waals surface area contributed by atoms with Crippen LogP contribution >= 0.6 is 22.6 Å². The number of aliphatic carboxylic acids is 1. The molecule has 0 bridgehead atoms. The van der Waals surface area contributed by atoms with Crippen LogP contribution in [0.4, 0.5) is 0 Å². The lowest BCUT2D eigenvalue weighted by atomic mass is 10.1. The van der Waals surface area contributed by atoms with Gasteiger partial charge in [0.05, 0.1) is 0 Å². The standard InChI is InChI=1S/C16H15IO4/c1-16(20,15(18)19)10-21-14-8-4-12(5-9-14)11-2-6-13(17)7-3-11/h2-9,20H,10H2,1H3,(H,18,19). The van der Waals surface area contributed by atoms with E-state index in [1.165, 1.54) is 10.5 Å². The lowest BCUT2D eigenvalue weighted by Gasteiger charge is -2.18. The maximum Gasteiger partial charge on any atom is 0.339 e. The van der Waals surface area contributed by atoms with Crippen molar-refractivity contribution in [3.05, 3.63) is 52.1 Å². The number of halogens is 1. The third-order valence-corrected chi connectivity index (χ3v) is 3.73. The lowest BCUT2D eigenvalue weighted by molar-refractivity contribution is -0.159. The normalized spacial score (nSPS) is 13.5. The smallest absolute Gasteiger partial charge is 0.339 e. The molecule has 2 rings (SSSR count). The minimum Gasteiger partial charge on any atom is -0.490 e. The molecule has 0 saturated carbocycles. The van der Waals surface area contributed by atoms with Crippen molar-refractivity contribution in [2.24, 2.45) is 0 Å². The number of aliphatic hydroxyl groups is 1. The molecule has 0 saturated heterocycles. The first-order valence-corrected chi connectivity index (χ1v) is 7.41. The molecule has 2 N–H and O–H groups in total. The van der Waals surface area contributed by atoms with E-state index in [2.05, 4.69) is 22.6 Å². The summed E-state index contributed by atoms with van der Waals surface area (Å²) in [5.74, 6) is -0.788. The Morgan fingerprint density at radius 3 is 2.05 bits per heavy atom. The number of hydrogen-bond donors (Lipinski definition) is 2. The molecule has 5 heteroatoms. The fourth-order valence-corrected chi connectivity index (χ4v) is 2.03. The summed E-state index contributed by atoms with van der Waals surface area (Å²) < 4.78 is 6.48. The zero-order valence-corrected chi connectivity index (χ0v) is 13.6. The van der Waals surface area contributed by atoms with E-state index in [1.54, 1.807) is 12.1 Å². The van der Waals surface area contributed by atoms with Crippen LogP contribution in [0.5, 0.6) is 5.75 Å². The molecule has 0 fully saturated rings. The first kappa shape index (κ1) is 15.8. The van der Waals surface area contributed by atoms with E-state index >= 15 is 0 Å². The van der Waals surface area contributed by atoms with Crippen LogP contribution in [-0.2, 0) is 4.79 Å². The molecule has 0 aliphatic carbocycles. The number of carbonyl (C=O) groups is 1. The maximum absolute atomic E-state index is 10.8. The van der Waals surface area contributed by atoms with Gasteiger partial charge in [-0.3, -0.25) is 0 Å². The molecule has 0 aromatic heterocycles. The highest BCUT2D eigenvalue weighted by Crippen LogP contribution is 2.23. The van der Waals surface area contributed by atoms with Gasteiger partial charge in [0.2, 0.25) is 0 Å². The molecule has 1 atom stereocenters. The second kappa shape index (κ2) is 6.44. The van der Waals surface area contributed by atoms with Gasteiger partial charge in [0, 0.05) is 3.57 Å². The molecule has 0 aliphatic rings. The second-order valence-electron chi connectivity index (χ2n) is 4.90.